The molecule has 0 bridgehead atoms. The first-order valence-electron chi connectivity index (χ1n) is 7.47. The van der Waals surface area contributed by atoms with Crippen LogP contribution in [0.5, 0.6) is 5.75 Å². The lowest BCUT2D eigenvalue weighted by Gasteiger charge is -2.13. The number of para-hydroxylation sites is 2. The summed E-state index contributed by atoms with van der Waals surface area (Å²) in [6.45, 7) is -0.0574. The van der Waals surface area contributed by atoms with Crippen LogP contribution in [0.2, 0.25) is 0 Å². The number of benzene rings is 2. The highest BCUT2D eigenvalue weighted by Crippen LogP contribution is 2.16. The van der Waals surface area contributed by atoms with Crippen molar-refractivity contribution in [1.29, 1.82) is 0 Å². The van der Waals surface area contributed by atoms with Crippen molar-refractivity contribution in [3.05, 3.63) is 59.9 Å². The average molecular weight is 326 g/mol. The van der Waals surface area contributed by atoms with Crippen molar-refractivity contribution < 1.29 is 13.9 Å². The number of amides is 1. The zero-order valence-corrected chi connectivity index (χ0v) is 13.7. The molecule has 124 valence electrons. The number of nitrogens with zero attached hydrogens (tertiary/aromatic N) is 1. The molecule has 0 unspecified atom stereocenters. The van der Waals surface area contributed by atoms with Crippen LogP contribution in [0.1, 0.15) is 5.56 Å². The highest BCUT2D eigenvalue weighted by Gasteiger charge is 2.05. The molecule has 0 aromatic heterocycles. The third kappa shape index (κ3) is 5.03. The molecule has 0 aliphatic carbocycles. The molecule has 1 N–H and O–H groups in total. The molecule has 2 rings (SSSR count). The summed E-state index contributed by atoms with van der Waals surface area (Å²) in [7, 11) is 3.89. The first-order valence-corrected chi connectivity index (χ1v) is 7.47. The molecule has 0 aliphatic rings. The van der Waals surface area contributed by atoms with Gasteiger partial charge in [-0.3, -0.25) is 4.79 Å². The SMILES string of the molecule is CN(C)c1ccccc1C#CCNC(=O)COc1ccccc1F. The van der Waals surface area contributed by atoms with Crippen LogP contribution in [0.15, 0.2) is 48.5 Å². The van der Waals surface area contributed by atoms with E-state index in [4.69, 9.17) is 4.74 Å². The Kier molecular flexibility index (Phi) is 6.21. The zero-order chi connectivity index (χ0) is 17.4. The van der Waals surface area contributed by atoms with E-state index in [0.29, 0.717) is 0 Å². The second kappa shape index (κ2) is 8.59. The van der Waals surface area contributed by atoms with Gasteiger partial charge in [-0.15, -0.1) is 0 Å². The number of halogens is 1. The van der Waals surface area contributed by atoms with Gasteiger partial charge in [0.25, 0.3) is 5.91 Å². The van der Waals surface area contributed by atoms with E-state index < -0.39 is 5.82 Å². The third-order valence-electron chi connectivity index (χ3n) is 3.18. The molecule has 0 atom stereocenters. The summed E-state index contributed by atoms with van der Waals surface area (Å²) >= 11 is 0. The molecule has 1 amide bonds. The number of hydrogen-bond donors (Lipinski definition) is 1. The highest BCUT2D eigenvalue weighted by atomic mass is 19.1. The largest absolute Gasteiger partial charge is 0.481 e. The number of anilines is 1. The van der Waals surface area contributed by atoms with Crippen LogP contribution in [0.25, 0.3) is 0 Å². The van der Waals surface area contributed by atoms with Gasteiger partial charge in [-0.05, 0) is 24.3 Å². The molecule has 2 aromatic carbocycles. The minimum atomic E-state index is -0.495. The summed E-state index contributed by atoms with van der Waals surface area (Å²) in [6.07, 6.45) is 0. The van der Waals surface area contributed by atoms with Crippen molar-refractivity contribution in [2.24, 2.45) is 0 Å². The first-order chi connectivity index (χ1) is 11.6. The minimum absolute atomic E-state index is 0.0543. The monoisotopic (exact) mass is 326 g/mol. The van der Waals surface area contributed by atoms with Crippen molar-refractivity contribution in [1.82, 2.24) is 5.32 Å². The highest BCUT2D eigenvalue weighted by molar-refractivity contribution is 5.77. The van der Waals surface area contributed by atoms with Gasteiger partial charge in [0.1, 0.15) is 0 Å². The van der Waals surface area contributed by atoms with Crippen molar-refractivity contribution in [2.45, 2.75) is 0 Å². The van der Waals surface area contributed by atoms with Crippen LogP contribution in [0.4, 0.5) is 10.1 Å². The molecule has 2 aromatic rings. The quantitative estimate of drug-likeness (QED) is 0.858. The second-order valence-electron chi connectivity index (χ2n) is 5.21. The lowest BCUT2D eigenvalue weighted by Crippen LogP contribution is -2.29. The van der Waals surface area contributed by atoms with Crippen molar-refractivity contribution >= 4 is 11.6 Å². The number of ether oxygens (including phenoxy) is 1. The third-order valence-corrected chi connectivity index (χ3v) is 3.18. The van der Waals surface area contributed by atoms with Gasteiger partial charge in [-0.1, -0.05) is 36.1 Å². The van der Waals surface area contributed by atoms with E-state index in [9.17, 15) is 9.18 Å². The van der Waals surface area contributed by atoms with Crippen molar-refractivity contribution in [3.8, 4) is 17.6 Å². The minimum Gasteiger partial charge on any atom is -0.481 e. The molecular formula is C19H19FN2O2. The zero-order valence-electron chi connectivity index (χ0n) is 13.7. The van der Waals surface area contributed by atoms with E-state index in [-0.39, 0.29) is 24.8 Å². The Labute approximate surface area is 141 Å². The first kappa shape index (κ1) is 17.4. The van der Waals surface area contributed by atoms with E-state index in [2.05, 4.69) is 17.2 Å². The molecule has 0 radical (unpaired) electrons. The number of carbonyl (C=O) groups is 1. The predicted octanol–water partition coefficient (Wildman–Crippen LogP) is 2.44. The summed E-state index contributed by atoms with van der Waals surface area (Å²) in [5.74, 6) is 5.13. The Morgan fingerprint density at radius 3 is 2.62 bits per heavy atom. The van der Waals surface area contributed by atoms with Crippen molar-refractivity contribution in [2.75, 3.05) is 32.1 Å². The van der Waals surface area contributed by atoms with Crippen LogP contribution in [0, 0.1) is 17.7 Å². The summed E-state index contributed by atoms with van der Waals surface area (Å²) < 4.78 is 18.5. The van der Waals surface area contributed by atoms with Gasteiger partial charge in [-0.25, -0.2) is 4.39 Å². The molecule has 5 heteroatoms. The number of rotatable bonds is 5. The Hall–Kier alpha value is -3.00. The number of carbonyl (C=O) groups excluding carboxylic acids is 1. The molecule has 0 aliphatic heterocycles. The normalized spacial score (nSPS) is 9.62. The fourth-order valence-electron chi connectivity index (χ4n) is 2.01. The average Bonchev–Trinajstić information content (AvgIpc) is 2.58. The maximum Gasteiger partial charge on any atom is 0.258 e. The maximum absolute atomic E-state index is 13.4. The molecule has 24 heavy (non-hydrogen) atoms. The second-order valence-corrected chi connectivity index (χ2v) is 5.21. The van der Waals surface area contributed by atoms with E-state index in [0.717, 1.165) is 11.3 Å². The van der Waals surface area contributed by atoms with Crippen LogP contribution < -0.4 is 15.0 Å². The van der Waals surface area contributed by atoms with Crippen LogP contribution in [-0.2, 0) is 4.79 Å². The van der Waals surface area contributed by atoms with Gasteiger partial charge in [-0.2, -0.15) is 0 Å². The van der Waals surface area contributed by atoms with E-state index in [1.165, 1.54) is 12.1 Å². The molecule has 4 nitrogen and oxygen atoms in total. The molecule has 0 saturated carbocycles. The Balaban J connectivity index is 1.83. The molecule has 0 saturated heterocycles. The van der Waals surface area contributed by atoms with Crippen LogP contribution in [-0.4, -0.2) is 33.2 Å². The van der Waals surface area contributed by atoms with E-state index in [1.807, 2.05) is 43.3 Å². The Bertz CT molecular complexity index is 763. The lowest BCUT2D eigenvalue weighted by atomic mass is 10.1. The Morgan fingerprint density at radius 2 is 1.88 bits per heavy atom. The summed E-state index contributed by atoms with van der Waals surface area (Å²) in [5, 5.41) is 2.62. The maximum atomic E-state index is 13.4. The number of hydrogen-bond acceptors (Lipinski definition) is 3. The summed E-state index contributed by atoms with van der Waals surface area (Å²) in [6, 6.07) is 13.7. The van der Waals surface area contributed by atoms with Crippen LogP contribution in [0.3, 0.4) is 0 Å². The van der Waals surface area contributed by atoms with Gasteiger partial charge in [0, 0.05) is 19.7 Å². The van der Waals surface area contributed by atoms with Gasteiger partial charge >= 0.3 is 0 Å². The molecule has 0 spiro atoms. The van der Waals surface area contributed by atoms with E-state index in [1.54, 1.807) is 12.1 Å². The van der Waals surface area contributed by atoms with Crippen molar-refractivity contribution in [3.63, 3.8) is 0 Å². The summed E-state index contributed by atoms with van der Waals surface area (Å²) in [4.78, 5) is 13.7. The van der Waals surface area contributed by atoms with E-state index >= 15 is 0 Å². The molecular weight excluding hydrogens is 307 g/mol. The standard InChI is InChI=1S/C19H19FN2O2/c1-22(2)17-11-5-3-8-15(17)9-7-13-21-19(23)14-24-18-12-6-4-10-16(18)20/h3-6,8,10-12H,13-14H2,1-2H3,(H,21,23). The summed E-state index contributed by atoms with van der Waals surface area (Å²) in [5.41, 5.74) is 1.90. The molecule has 0 heterocycles. The van der Waals surface area contributed by atoms with Gasteiger partial charge in [0.15, 0.2) is 18.2 Å². The fraction of sp³-hybridized carbons (Fsp3) is 0.211. The lowest BCUT2D eigenvalue weighted by molar-refractivity contribution is -0.122. The van der Waals surface area contributed by atoms with Gasteiger partial charge in [0.05, 0.1) is 12.2 Å². The molecule has 0 fully saturated rings. The Morgan fingerprint density at radius 1 is 1.17 bits per heavy atom. The smallest absolute Gasteiger partial charge is 0.258 e. The van der Waals surface area contributed by atoms with Gasteiger partial charge < -0.3 is 15.0 Å². The topological polar surface area (TPSA) is 41.6 Å². The predicted molar refractivity (Wildman–Crippen MR) is 92.6 cm³/mol. The number of nitrogens with one attached hydrogen (secondary N) is 1. The van der Waals surface area contributed by atoms with Crippen LogP contribution >= 0.6 is 0 Å². The van der Waals surface area contributed by atoms with Gasteiger partial charge in [0.2, 0.25) is 0 Å². The fourth-order valence-corrected chi connectivity index (χ4v) is 2.01.